The third-order valence-corrected chi connectivity index (χ3v) is 14.0. The van der Waals surface area contributed by atoms with Crippen molar-refractivity contribution in [3.8, 4) is 11.5 Å². The summed E-state index contributed by atoms with van der Waals surface area (Å²) < 4.78 is 68.7. The maximum atomic E-state index is 13.7. The lowest BCUT2D eigenvalue weighted by Gasteiger charge is -2.50. The predicted molar refractivity (Wildman–Crippen MR) is 164 cm³/mol. The van der Waals surface area contributed by atoms with Crippen molar-refractivity contribution in [1.82, 2.24) is 18.5 Å². The molecule has 1 aromatic carbocycles. The zero-order chi connectivity index (χ0) is 30.4. The molecule has 2 bridgehead atoms. The van der Waals surface area contributed by atoms with E-state index in [1.807, 2.05) is 12.1 Å². The number of hydrogen-bond acceptors (Lipinski definition) is 8. The van der Waals surface area contributed by atoms with Crippen molar-refractivity contribution in [2.75, 3.05) is 32.5 Å². The fourth-order valence-corrected chi connectivity index (χ4v) is 11.6. The molecule has 236 valence electrons. The number of fused-ring (bicyclic) bond motifs is 2. The van der Waals surface area contributed by atoms with Gasteiger partial charge in [0.1, 0.15) is 17.6 Å². The Kier molecular flexibility index (Phi) is 8.78. The highest BCUT2D eigenvalue weighted by molar-refractivity contribution is 7.89. The van der Waals surface area contributed by atoms with Crippen LogP contribution in [-0.4, -0.2) is 98.1 Å². The molecule has 0 unspecified atom stereocenters. The van der Waals surface area contributed by atoms with Gasteiger partial charge in [-0.15, -0.1) is 0 Å². The second-order valence-corrected chi connectivity index (χ2v) is 16.6. The van der Waals surface area contributed by atoms with E-state index in [0.29, 0.717) is 66.3 Å². The number of nitrogens with zero attached hydrogens (tertiary/aromatic N) is 4. The van der Waals surface area contributed by atoms with Crippen LogP contribution in [0.3, 0.4) is 0 Å². The third-order valence-electron chi connectivity index (χ3n) is 9.84. The molecule has 0 spiro atoms. The zero-order valence-electron chi connectivity index (χ0n) is 25.4. The zero-order valence-corrected chi connectivity index (χ0v) is 27.0. The molecule has 1 aromatic heterocycles. The van der Waals surface area contributed by atoms with Crippen LogP contribution in [0.2, 0.25) is 0 Å². The molecule has 4 atom stereocenters. The summed E-state index contributed by atoms with van der Waals surface area (Å²) in [5, 5.41) is 0. The fraction of sp³-hybridized carbons (Fsp3) is 0.645. The molecule has 4 aliphatic heterocycles. The minimum atomic E-state index is -3.70. The Hall–Kier alpha value is -2.25. The number of aryl methyl sites for hydroxylation is 2. The van der Waals surface area contributed by atoms with Crippen molar-refractivity contribution in [2.24, 2.45) is 0 Å². The minimum Gasteiger partial charge on any atom is -0.497 e. The van der Waals surface area contributed by atoms with Crippen LogP contribution in [-0.2, 0) is 20.0 Å². The number of aromatic nitrogens is 1. The third kappa shape index (κ3) is 6.18. The van der Waals surface area contributed by atoms with Crippen molar-refractivity contribution < 1.29 is 26.3 Å². The summed E-state index contributed by atoms with van der Waals surface area (Å²) in [6.45, 7) is 5.15. The van der Waals surface area contributed by atoms with Gasteiger partial charge in [0.05, 0.1) is 17.8 Å². The number of benzene rings is 1. The summed E-state index contributed by atoms with van der Waals surface area (Å²) in [6, 6.07) is 8.26. The van der Waals surface area contributed by atoms with E-state index in [0.717, 1.165) is 44.3 Å². The molecule has 5 heterocycles. The molecule has 10 nitrogen and oxygen atoms in total. The smallest absolute Gasteiger partial charge is 0.243 e. The van der Waals surface area contributed by atoms with Crippen molar-refractivity contribution in [3.63, 3.8) is 0 Å². The Morgan fingerprint density at radius 1 is 0.907 bits per heavy atom. The van der Waals surface area contributed by atoms with Gasteiger partial charge in [-0.3, -0.25) is 9.88 Å². The molecular formula is C31H44N4O6S2. The minimum absolute atomic E-state index is 0.0550. The molecule has 12 heteroatoms. The number of ether oxygens (including phenoxy) is 2. The standard InChI is InChI=1S/C31H44N4O6S2/c1-22-16-29(40-3)17-23(2)31(22)43(38,39)34-14-4-6-24(34)7-5-15-42(36,37)33-20-27(21-33)35-25-8-9-26(35)19-30(18-25)41-28-10-12-32-13-11-28/h10-13,16-17,24-27,30H,4-9,14-15,18-21H2,1-3H3/t24-,25-,26+,30+/m0/s1. The van der Waals surface area contributed by atoms with Crippen molar-refractivity contribution in [3.05, 3.63) is 47.8 Å². The number of rotatable bonds is 11. The lowest BCUT2D eigenvalue weighted by Crippen LogP contribution is -2.65. The van der Waals surface area contributed by atoms with Crippen LogP contribution in [0.1, 0.15) is 62.5 Å². The van der Waals surface area contributed by atoms with E-state index in [-0.39, 0.29) is 23.9 Å². The molecule has 4 saturated heterocycles. The van der Waals surface area contributed by atoms with Crippen LogP contribution in [0.5, 0.6) is 11.5 Å². The second kappa shape index (κ2) is 12.3. The summed E-state index contributed by atoms with van der Waals surface area (Å²) in [7, 11) is -5.51. The second-order valence-electron chi connectivity index (χ2n) is 12.7. The van der Waals surface area contributed by atoms with E-state index in [4.69, 9.17) is 9.47 Å². The van der Waals surface area contributed by atoms with Crippen LogP contribution in [0, 0.1) is 13.8 Å². The fourth-order valence-electron chi connectivity index (χ4n) is 7.89. The summed E-state index contributed by atoms with van der Waals surface area (Å²) in [6.07, 6.45) is 10.4. The van der Waals surface area contributed by atoms with Gasteiger partial charge in [0.15, 0.2) is 0 Å². The van der Waals surface area contributed by atoms with Gasteiger partial charge in [-0.2, -0.15) is 8.61 Å². The highest BCUT2D eigenvalue weighted by Crippen LogP contribution is 2.41. The van der Waals surface area contributed by atoms with Crippen LogP contribution in [0.25, 0.3) is 0 Å². The van der Waals surface area contributed by atoms with Gasteiger partial charge in [0.25, 0.3) is 0 Å². The summed E-state index contributed by atoms with van der Waals surface area (Å²) in [5.74, 6) is 1.55. The first kappa shape index (κ1) is 30.8. The average Bonchev–Trinajstić information content (AvgIpc) is 3.50. The largest absolute Gasteiger partial charge is 0.497 e. The predicted octanol–water partition coefficient (Wildman–Crippen LogP) is 3.73. The van der Waals surface area contributed by atoms with E-state index < -0.39 is 20.0 Å². The average molecular weight is 633 g/mol. The van der Waals surface area contributed by atoms with Gasteiger partial charge < -0.3 is 9.47 Å². The van der Waals surface area contributed by atoms with Gasteiger partial charge >= 0.3 is 0 Å². The van der Waals surface area contributed by atoms with Crippen molar-refractivity contribution in [1.29, 1.82) is 0 Å². The van der Waals surface area contributed by atoms with Gasteiger partial charge in [0, 0.05) is 56.2 Å². The summed E-state index contributed by atoms with van der Waals surface area (Å²) >= 11 is 0. The molecule has 4 fully saturated rings. The molecule has 43 heavy (non-hydrogen) atoms. The van der Waals surface area contributed by atoms with Gasteiger partial charge in [-0.25, -0.2) is 16.8 Å². The molecule has 0 aliphatic carbocycles. The molecule has 0 amide bonds. The Bertz CT molecular complexity index is 1480. The molecular weight excluding hydrogens is 588 g/mol. The monoisotopic (exact) mass is 632 g/mol. The first-order valence-corrected chi connectivity index (χ1v) is 18.6. The van der Waals surface area contributed by atoms with Gasteiger partial charge in [0.2, 0.25) is 20.0 Å². The normalized spacial score (nSPS) is 27.3. The first-order chi connectivity index (χ1) is 20.6. The van der Waals surface area contributed by atoms with E-state index in [1.54, 1.807) is 54.1 Å². The summed E-state index contributed by atoms with van der Waals surface area (Å²) in [5.41, 5.74) is 1.33. The van der Waals surface area contributed by atoms with Gasteiger partial charge in [-0.05, 0) is 101 Å². The first-order valence-electron chi connectivity index (χ1n) is 15.6. The van der Waals surface area contributed by atoms with Gasteiger partial charge in [-0.1, -0.05) is 0 Å². The van der Waals surface area contributed by atoms with Crippen molar-refractivity contribution >= 4 is 20.0 Å². The van der Waals surface area contributed by atoms with E-state index in [9.17, 15) is 16.8 Å². The Morgan fingerprint density at radius 2 is 1.56 bits per heavy atom. The number of piperidine rings is 1. The molecule has 2 aromatic rings. The highest BCUT2D eigenvalue weighted by Gasteiger charge is 2.49. The molecule has 0 N–H and O–H groups in total. The maximum Gasteiger partial charge on any atom is 0.243 e. The SMILES string of the molecule is COc1cc(C)c(S(=O)(=O)N2CCC[C@H]2CCCS(=O)(=O)N2CC(N3[C@@H]4CC[C@H]3C[C@@H](Oc3ccncc3)C4)C2)c(C)c1. The van der Waals surface area contributed by atoms with Crippen LogP contribution < -0.4 is 9.47 Å². The van der Waals surface area contributed by atoms with Crippen LogP contribution >= 0.6 is 0 Å². The van der Waals surface area contributed by atoms with Crippen LogP contribution in [0.4, 0.5) is 0 Å². The Morgan fingerprint density at radius 3 is 2.19 bits per heavy atom. The lowest BCUT2D eigenvalue weighted by atomic mass is 9.95. The highest BCUT2D eigenvalue weighted by atomic mass is 32.2. The van der Waals surface area contributed by atoms with E-state index in [1.165, 1.54) is 0 Å². The number of sulfonamides is 2. The molecule has 6 rings (SSSR count). The van der Waals surface area contributed by atoms with E-state index in [2.05, 4.69) is 9.88 Å². The quantitative estimate of drug-likeness (QED) is 0.369. The Balaban J connectivity index is 1.00. The van der Waals surface area contributed by atoms with Crippen molar-refractivity contribution in [2.45, 2.75) is 100 Å². The maximum absolute atomic E-state index is 13.7. The molecule has 4 aliphatic rings. The number of hydrogen-bond donors (Lipinski definition) is 0. The Labute approximate surface area is 256 Å². The lowest BCUT2D eigenvalue weighted by molar-refractivity contribution is -0.0147. The number of pyridine rings is 1. The molecule has 0 radical (unpaired) electrons. The topological polar surface area (TPSA) is 109 Å². The number of methoxy groups -OCH3 is 1. The molecule has 0 saturated carbocycles. The van der Waals surface area contributed by atoms with E-state index >= 15 is 0 Å². The summed E-state index contributed by atoms with van der Waals surface area (Å²) in [4.78, 5) is 6.97. The van der Waals surface area contributed by atoms with Crippen LogP contribution in [0.15, 0.2) is 41.6 Å².